The van der Waals surface area contributed by atoms with E-state index in [1.54, 1.807) is 49.5 Å². The smallest absolute Gasteiger partial charge is 0.261 e. The summed E-state index contributed by atoms with van der Waals surface area (Å²) in [5.41, 5.74) is 3.02. The minimum absolute atomic E-state index is 0.151. The zero-order valence-corrected chi connectivity index (χ0v) is 18.6. The number of hydrogen-bond donors (Lipinski definition) is 2. The summed E-state index contributed by atoms with van der Waals surface area (Å²) in [5.74, 6) is -0.217. The van der Waals surface area contributed by atoms with Gasteiger partial charge in [0.2, 0.25) is 0 Å². The summed E-state index contributed by atoms with van der Waals surface area (Å²) in [6.07, 6.45) is 0. The Labute approximate surface area is 188 Å². The maximum atomic E-state index is 13.4. The lowest BCUT2D eigenvalue weighted by molar-refractivity contribution is 0.0963. The maximum absolute atomic E-state index is 13.4. The molecule has 0 unspecified atom stereocenters. The van der Waals surface area contributed by atoms with Crippen molar-refractivity contribution in [2.24, 2.45) is 7.05 Å². The highest BCUT2D eigenvalue weighted by atomic mass is 35.5. The number of carbonyl (C=O) groups is 1. The van der Waals surface area contributed by atoms with Gasteiger partial charge in [-0.2, -0.15) is 0 Å². The number of aromatic nitrogens is 2. The molecule has 1 amide bonds. The van der Waals surface area contributed by atoms with E-state index in [-0.39, 0.29) is 15.8 Å². The summed E-state index contributed by atoms with van der Waals surface area (Å²) in [7, 11) is -0.549. The fourth-order valence-electron chi connectivity index (χ4n) is 3.29. The monoisotopic (exact) mass is 472 g/mol. The summed E-state index contributed by atoms with van der Waals surface area (Å²) in [6.45, 7) is 0. The van der Waals surface area contributed by atoms with Crippen LogP contribution in [0.5, 0.6) is 0 Å². The van der Waals surface area contributed by atoms with Crippen molar-refractivity contribution in [1.82, 2.24) is 14.9 Å². The molecule has 4 rings (SSSR count). The Balaban J connectivity index is 1.66. The molecule has 10 heteroatoms. The van der Waals surface area contributed by atoms with Gasteiger partial charge in [0, 0.05) is 25.2 Å². The van der Waals surface area contributed by atoms with E-state index in [1.165, 1.54) is 0 Å². The van der Waals surface area contributed by atoms with Gasteiger partial charge in [-0.1, -0.05) is 23.7 Å². The number of hydrogen-bond acceptors (Lipinski definition) is 4. The van der Waals surface area contributed by atoms with Gasteiger partial charge in [0.25, 0.3) is 15.9 Å². The van der Waals surface area contributed by atoms with E-state index in [1.807, 2.05) is 11.6 Å². The molecule has 0 aliphatic carbocycles. The van der Waals surface area contributed by atoms with E-state index in [0.717, 1.165) is 29.3 Å². The average molecular weight is 473 g/mol. The molecule has 3 aromatic carbocycles. The molecule has 0 saturated heterocycles. The quantitative estimate of drug-likeness (QED) is 0.455. The number of amides is 1. The average Bonchev–Trinajstić information content (AvgIpc) is 3.10. The van der Waals surface area contributed by atoms with Crippen molar-refractivity contribution >= 4 is 44.3 Å². The Kier molecular flexibility index (Phi) is 5.62. The Morgan fingerprint density at radius 3 is 2.44 bits per heavy atom. The number of aryl methyl sites for hydroxylation is 1. The van der Waals surface area contributed by atoms with Gasteiger partial charge < -0.3 is 9.88 Å². The van der Waals surface area contributed by atoms with E-state index < -0.39 is 15.8 Å². The van der Waals surface area contributed by atoms with Crippen LogP contribution in [0, 0.1) is 5.82 Å². The molecule has 0 fully saturated rings. The van der Waals surface area contributed by atoms with Gasteiger partial charge >= 0.3 is 0 Å². The third-order valence-corrected chi connectivity index (χ3v) is 6.64. The number of rotatable bonds is 5. The Morgan fingerprint density at radius 2 is 1.78 bits per heavy atom. The van der Waals surface area contributed by atoms with Crippen LogP contribution in [-0.4, -0.2) is 30.9 Å². The largest absolute Gasteiger partial charge is 0.355 e. The van der Waals surface area contributed by atoms with Crippen LogP contribution in [-0.2, 0) is 17.1 Å². The van der Waals surface area contributed by atoms with Crippen molar-refractivity contribution in [1.29, 1.82) is 0 Å². The molecule has 4 aromatic rings. The van der Waals surface area contributed by atoms with Crippen LogP contribution in [0.25, 0.3) is 22.4 Å². The molecule has 0 aliphatic heterocycles. The molecule has 0 spiro atoms. The topological polar surface area (TPSA) is 93.1 Å². The molecular weight excluding hydrogens is 455 g/mol. The first-order valence-corrected chi connectivity index (χ1v) is 11.3. The highest BCUT2D eigenvalue weighted by Gasteiger charge is 2.18. The van der Waals surface area contributed by atoms with Gasteiger partial charge in [-0.05, 0) is 48.5 Å². The minimum Gasteiger partial charge on any atom is -0.355 e. The number of anilines is 1. The summed E-state index contributed by atoms with van der Waals surface area (Å²) < 4.78 is 43.0. The fraction of sp³-hybridized carbons (Fsp3) is 0.0909. The van der Waals surface area contributed by atoms with Gasteiger partial charge in [-0.3, -0.25) is 9.52 Å². The van der Waals surface area contributed by atoms with Crippen LogP contribution >= 0.6 is 11.6 Å². The molecule has 0 aliphatic rings. The molecule has 1 aromatic heterocycles. The Bertz CT molecular complexity index is 1450. The molecule has 7 nitrogen and oxygen atoms in total. The zero-order valence-electron chi connectivity index (χ0n) is 17.1. The second kappa shape index (κ2) is 8.25. The molecular formula is C22H18ClFN4O3S. The minimum atomic E-state index is -3.97. The number of sulfonamides is 1. The molecule has 0 atom stereocenters. The van der Waals surface area contributed by atoms with E-state index in [0.29, 0.717) is 22.6 Å². The highest BCUT2D eigenvalue weighted by molar-refractivity contribution is 7.92. The van der Waals surface area contributed by atoms with Gasteiger partial charge in [0.05, 0.1) is 26.6 Å². The van der Waals surface area contributed by atoms with Crippen LogP contribution in [0.1, 0.15) is 10.4 Å². The summed E-state index contributed by atoms with van der Waals surface area (Å²) in [5, 5.41) is 2.30. The first kappa shape index (κ1) is 21.8. The number of fused-ring (bicyclic) bond motifs is 1. The number of nitrogens with zero attached hydrogens (tertiary/aromatic N) is 2. The van der Waals surface area contributed by atoms with Crippen molar-refractivity contribution in [2.75, 3.05) is 11.8 Å². The summed E-state index contributed by atoms with van der Waals surface area (Å²) in [6, 6.07) is 15.2. The van der Waals surface area contributed by atoms with E-state index >= 15 is 0 Å². The van der Waals surface area contributed by atoms with Crippen molar-refractivity contribution in [3.05, 3.63) is 77.1 Å². The van der Waals surface area contributed by atoms with Gasteiger partial charge in [0.1, 0.15) is 11.6 Å². The first-order valence-electron chi connectivity index (χ1n) is 9.46. The molecule has 2 N–H and O–H groups in total. The predicted molar refractivity (Wildman–Crippen MR) is 122 cm³/mol. The SMILES string of the molecule is CNC(=O)c1ccc(-c2nc3cc(NS(=O)(=O)c4ccc(F)c(Cl)c4)ccc3n2C)cc1. The molecule has 0 radical (unpaired) electrons. The lowest BCUT2D eigenvalue weighted by atomic mass is 10.1. The zero-order chi connectivity index (χ0) is 23.0. The van der Waals surface area contributed by atoms with Crippen LogP contribution in [0.3, 0.4) is 0 Å². The second-order valence-electron chi connectivity index (χ2n) is 7.04. The molecule has 32 heavy (non-hydrogen) atoms. The third-order valence-electron chi connectivity index (χ3n) is 4.97. The number of halogens is 2. The fourth-order valence-corrected chi connectivity index (χ4v) is 4.62. The Morgan fingerprint density at radius 1 is 1.06 bits per heavy atom. The lowest BCUT2D eigenvalue weighted by Gasteiger charge is -2.09. The maximum Gasteiger partial charge on any atom is 0.261 e. The van der Waals surface area contributed by atoms with E-state index in [4.69, 9.17) is 11.6 Å². The van der Waals surface area contributed by atoms with Crippen molar-refractivity contribution in [3.8, 4) is 11.4 Å². The van der Waals surface area contributed by atoms with E-state index in [2.05, 4.69) is 15.0 Å². The normalized spacial score (nSPS) is 11.5. The molecule has 0 bridgehead atoms. The van der Waals surface area contributed by atoms with Crippen molar-refractivity contribution < 1.29 is 17.6 Å². The number of imidazole rings is 1. The lowest BCUT2D eigenvalue weighted by Crippen LogP contribution is -2.17. The van der Waals surface area contributed by atoms with Gasteiger partial charge in [-0.15, -0.1) is 0 Å². The molecule has 1 heterocycles. The van der Waals surface area contributed by atoms with Crippen LogP contribution in [0.15, 0.2) is 65.6 Å². The number of nitrogens with one attached hydrogen (secondary N) is 2. The van der Waals surface area contributed by atoms with E-state index in [9.17, 15) is 17.6 Å². The van der Waals surface area contributed by atoms with Gasteiger partial charge in [-0.25, -0.2) is 17.8 Å². The van der Waals surface area contributed by atoms with Crippen molar-refractivity contribution in [3.63, 3.8) is 0 Å². The van der Waals surface area contributed by atoms with Gasteiger partial charge in [0.15, 0.2) is 0 Å². The summed E-state index contributed by atoms with van der Waals surface area (Å²) in [4.78, 5) is 16.2. The second-order valence-corrected chi connectivity index (χ2v) is 9.13. The highest BCUT2D eigenvalue weighted by Crippen LogP contribution is 2.27. The summed E-state index contributed by atoms with van der Waals surface area (Å²) >= 11 is 5.71. The Hall–Kier alpha value is -3.43. The molecule has 0 saturated carbocycles. The van der Waals surface area contributed by atoms with Crippen LogP contribution in [0.2, 0.25) is 5.02 Å². The first-order chi connectivity index (χ1) is 15.2. The standard InChI is InChI=1S/C22H18ClFN4O3S/c1-25-22(29)14-5-3-13(4-6-14)21-26-19-11-15(7-10-20(19)28(21)2)27-32(30,31)16-8-9-18(24)17(23)12-16/h3-12,27H,1-2H3,(H,25,29). The third kappa shape index (κ3) is 4.04. The molecule has 164 valence electrons. The van der Waals surface area contributed by atoms with Crippen molar-refractivity contribution in [2.45, 2.75) is 4.90 Å². The van der Waals surface area contributed by atoms with Crippen LogP contribution in [0.4, 0.5) is 10.1 Å². The number of carbonyl (C=O) groups excluding carboxylic acids is 1. The number of benzene rings is 3. The predicted octanol–water partition coefficient (Wildman–Crippen LogP) is 4.19. The van der Waals surface area contributed by atoms with Crippen LogP contribution < -0.4 is 10.0 Å².